The fraction of sp³-hybridized carbons (Fsp3) is 0.564. The number of likely N-dealkylation sites (N-methyl/N-ethyl adjacent to an activating group) is 1. The summed E-state index contributed by atoms with van der Waals surface area (Å²) < 4.78 is 46.9. The molecule has 0 radical (unpaired) electrons. The molecule has 0 spiro atoms. The van der Waals surface area contributed by atoms with E-state index in [1.165, 1.54) is 107 Å². The minimum atomic E-state index is -4.33. The van der Waals surface area contributed by atoms with Crippen molar-refractivity contribution in [3.63, 3.8) is 0 Å². The predicted octanol–water partition coefficient (Wildman–Crippen LogP) is 7.64. The van der Waals surface area contributed by atoms with Crippen LogP contribution >= 0.6 is 0 Å². The molecule has 290 valence electrons. The number of methoxy groups -OCH3 is 1. The molecule has 2 aliphatic rings. The lowest BCUT2D eigenvalue weighted by Crippen LogP contribution is -2.57. The average Bonchev–Trinajstić information content (AvgIpc) is 3.42. The Balaban J connectivity index is 1.45. The maximum absolute atomic E-state index is 14.3. The van der Waals surface area contributed by atoms with Crippen molar-refractivity contribution in [1.82, 2.24) is 4.90 Å². The first-order valence-electron chi connectivity index (χ1n) is 18.9. The highest BCUT2D eigenvalue weighted by Gasteiger charge is 2.51. The van der Waals surface area contributed by atoms with E-state index in [9.17, 15) is 27.6 Å². The fourth-order valence-corrected chi connectivity index (χ4v) is 7.78. The van der Waals surface area contributed by atoms with Crippen LogP contribution in [0.3, 0.4) is 0 Å². The Morgan fingerprint density at radius 2 is 1.51 bits per heavy atom. The Morgan fingerprint density at radius 3 is 2.15 bits per heavy atom. The number of imide groups is 1. The summed E-state index contributed by atoms with van der Waals surface area (Å²) in [5, 5.41) is 2.64. The quantitative estimate of drug-likeness (QED) is 0.0935. The number of carbonyl (C=O) groups excluding carboxylic acids is 4. The van der Waals surface area contributed by atoms with Crippen LogP contribution in [-0.2, 0) is 29.1 Å². The van der Waals surface area contributed by atoms with Crippen LogP contribution in [-0.4, -0.2) is 75.9 Å². The molecular weight excluding hydrogens is 701 g/mol. The second-order valence-electron chi connectivity index (χ2n) is 13.5. The summed E-state index contributed by atoms with van der Waals surface area (Å²) in [6.45, 7) is 4.39. The summed E-state index contributed by atoms with van der Waals surface area (Å²) in [6, 6.07) is 8.54. The number of carbonyl (C=O) groups is 4. The molecule has 2 aromatic carbocycles. The number of para-hydroxylation sites is 1. The smallest absolute Gasteiger partial charge is 0.418 e. The molecule has 1 N–H and O–H groups in total. The van der Waals surface area contributed by atoms with Gasteiger partial charge in [0.1, 0.15) is 10.6 Å². The molecule has 1 saturated heterocycles. The zero-order valence-corrected chi connectivity index (χ0v) is 32.3. The standard InChI is InChI=1S/C39H54N4O9S/c1-5-7-9-10-11-12-13-14-15-16-17-20-26-51-38(46)28-24-25-31(50-4)29(27-28)40-36(44)34(43-37(45)32(22-8-6-2)52-39(43)47)35-41-53(48,49)33-23-19-18-21-30(33)42(35)3/h18-19,21,23-25,27,32,34H,5-17,20,22,26H2,1-4H3,(H,40,44). The van der Waals surface area contributed by atoms with Gasteiger partial charge in [0.15, 0.2) is 18.0 Å². The maximum Gasteiger partial charge on any atom is 0.418 e. The van der Waals surface area contributed by atoms with Crippen LogP contribution in [0.5, 0.6) is 5.75 Å². The largest absolute Gasteiger partial charge is 0.495 e. The van der Waals surface area contributed by atoms with Gasteiger partial charge in [-0.1, -0.05) is 103 Å². The van der Waals surface area contributed by atoms with E-state index < -0.39 is 46.0 Å². The number of nitrogens with one attached hydrogen (secondary N) is 1. The van der Waals surface area contributed by atoms with E-state index >= 15 is 0 Å². The second-order valence-corrected chi connectivity index (χ2v) is 15.1. The number of hydrogen-bond acceptors (Lipinski definition) is 10. The third-order valence-electron chi connectivity index (χ3n) is 9.51. The van der Waals surface area contributed by atoms with Crippen molar-refractivity contribution in [2.75, 3.05) is 31.0 Å². The molecule has 14 heteroatoms. The van der Waals surface area contributed by atoms with Gasteiger partial charge in [0.2, 0.25) is 0 Å². The van der Waals surface area contributed by atoms with Crippen LogP contribution < -0.4 is 15.0 Å². The van der Waals surface area contributed by atoms with E-state index in [-0.39, 0.29) is 46.4 Å². The number of ether oxygens (including phenoxy) is 3. The normalized spacial score (nSPS) is 16.8. The van der Waals surface area contributed by atoms with Crippen LogP contribution in [0, 0.1) is 0 Å². The van der Waals surface area contributed by atoms with Crippen molar-refractivity contribution < 1.29 is 41.8 Å². The van der Waals surface area contributed by atoms with Gasteiger partial charge in [0.05, 0.1) is 30.7 Å². The molecule has 0 saturated carbocycles. The number of anilines is 2. The van der Waals surface area contributed by atoms with Gasteiger partial charge in [0.25, 0.3) is 21.8 Å². The number of amides is 3. The van der Waals surface area contributed by atoms with Crippen molar-refractivity contribution in [3.8, 4) is 5.75 Å². The molecule has 2 heterocycles. The molecule has 2 unspecified atom stereocenters. The first-order valence-corrected chi connectivity index (χ1v) is 20.3. The molecule has 2 aromatic rings. The van der Waals surface area contributed by atoms with Crippen molar-refractivity contribution >= 4 is 51.1 Å². The minimum absolute atomic E-state index is 0.0344. The lowest BCUT2D eigenvalue weighted by atomic mass is 10.1. The van der Waals surface area contributed by atoms with Gasteiger partial charge in [0, 0.05) is 7.05 Å². The maximum atomic E-state index is 14.3. The highest BCUT2D eigenvalue weighted by atomic mass is 32.2. The Hall–Kier alpha value is -4.46. The molecule has 3 amide bonds. The number of benzene rings is 2. The number of rotatable bonds is 22. The monoisotopic (exact) mass is 754 g/mol. The van der Waals surface area contributed by atoms with Crippen LogP contribution in [0.2, 0.25) is 0 Å². The Kier molecular flexibility index (Phi) is 15.7. The van der Waals surface area contributed by atoms with Crippen molar-refractivity contribution in [2.24, 2.45) is 4.40 Å². The number of cyclic esters (lactones) is 1. The van der Waals surface area contributed by atoms with Crippen LogP contribution in [0.25, 0.3) is 0 Å². The van der Waals surface area contributed by atoms with Gasteiger partial charge in [-0.05, 0) is 49.6 Å². The molecule has 53 heavy (non-hydrogen) atoms. The van der Waals surface area contributed by atoms with E-state index in [1.54, 1.807) is 6.07 Å². The van der Waals surface area contributed by atoms with Crippen LogP contribution in [0.4, 0.5) is 16.2 Å². The third-order valence-corrected chi connectivity index (χ3v) is 10.8. The number of esters is 1. The lowest BCUT2D eigenvalue weighted by molar-refractivity contribution is -0.133. The first-order chi connectivity index (χ1) is 25.5. The van der Waals surface area contributed by atoms with Crippen molar-refractivity contribution in [3.05, 3.63) is 48.0 Å². The number of sulfonamides is 1. The van der Waals surface area contributed by atoms with E-state index in [1.807, 2.05) is 6.92 Å². The molecule has 4 rings (SSSR count). The van der Waals surface area contributed by atoms with Crippen molar-refractivity contribution in [2.45, 2.75) is 127 Å². The zero-order valence-electron chi connectivity index (χ0n) is 31.4. The molecule has 0 aromatic heterocycles. The number of fused-ring (bicyclic) bond motifs is 1. The number of unbranched alkanes of at least 4 members (excludes halogenated alkanes) is 12. The lowest BCUT2D eigenvalue weighted by Gasteiger charge is -2.33. The van der Waals surface area contributed by atoms with Gasteiger partial charge in [-0.3, -0.25) is 9.59 Å². The molecule has 13 nitrogen and oxygen atoms in total. The zero-order chi connectivity index (χ0) is 38.4. The molecular formula is C39H54N4O9S. The van der Waals surface area contributed by atoms with Gasteiger partial charge in [-0.2, -0.15) is 8.42 Å². The average molecular weight is 755 g/mol. The summed E-state index contributed by atoms with van der Waals surface area (Å²) in [7, 11) is -1.47. The molecule has 2 aliphatic heterocycles. The van der Waals surface area contributed by atoms with Gasteiger partial charge < -0.3 is 24.4 Å². The fourth-order valence-electron chi connectivity index (χ4n) is 6.50. The highest BCUT2D eigenvalue weighted by molar-refractivity contribution is 7.90. The number of amidine groups is 1. The molecule has 2 atom stereocenters. The summed E-state index contributed by atoms with van der Waals surface area (Å²) in [4.78, 5) is 56.0. The van der Waals surface area contributed by atoms with Gasteiger partial charge >= 0.3 is 12.1 Å². The van der Waals surface area contributed by atoms with E-state index in [0.29, 0.717) is 11.3 Å². The Bertz CT molecular complexity index is 1730. The first kappa shape index (κ1) is 41.3. The SMILES string of the molecule is CCCCCCCCCCCCCCOC(=O)c1ccc(OC)c(NC(=O)C(C2=NS(=O)(=O)c3ccccc3N2C)N2C(=O)OC(CCCC)C2=O)c1. The van der Waals surface area contributed by atoms with E-state index in [2.05, 4.69) is 16.6 Å². The predicted molar refractivity (Wildman–Crippen MR) is 203 cm³/mol. The summed E-state index contributed by atoms with van der Waals surface area (Å²) in [5.41, 5.74) is 0.372. The summed E-state index contributed by atoms with van der Waals surface area (Å²) in [5.74, 6) is -2.59. The third kappa shape index (κ3) is 10.8. The number of hydrogen-bond donors (Lipinski definition) is 1. The van der Waals surface area contributed by atoms with E-state index in [4.69, 9.17) is 14.2 Å². The van der Waals surface area contributed by atoms with Gasteiger partial charge in [-0.25, -0.2) is 14.5 Å². The van der Waals surface area contributed by atoms with Crippen molar-refractivity contribution in [1.29, 1.82) is 0 Å². The minimum Gasteiger partial charge on any atom is -0.495 e. The van der Waals surface area contributed by atoms with Crippen LogP contribution in [0.1, 0.15) is 121 Å². The van der Waals surface area contributed by atoms with E-state index in [0.717, 1.165) is 32.1 Å². The second kappa shape index (κ2) is 20.1. The molecule has 1 fully saturated rings. The highest BCUT2D eigenvalue weighted by Crippen LogP contribution is 2.34. The summed E-state index contributed by atoms with van der Waals surface area (Å²) in [6.07, 6.45) is 13.5. The molecule has 0 bridgehead atoms. The van der Waals surface area contributed by atoms with Crippen LogP contribution in [0.15, 0.2) is 51.8 Å². The number of nitrogens with zero attached hydrogens (tertiary/aromatic N) is 3. The Labute approximate surface area is 313 Å². The van der Waals surface area contributed by atoms with Gasteiger partial charge in [-0.15, -0.1) is 4.40 Å². The topological polar surface area (TPSA) is 161 Å². The molecule has 0 aliphatic carbocycles. The summed E-state index contributed by atoms with van der Waals surface area (Å²) >= 11 is 0. The Morgan fingerprint density at radius 1 is 0.887 bits per heavy atom.